The number of halogens is 2. The van der Waals surface area contributed by atoms with Crippen LogP contribution in [0.3, 0.4) is 0 Å². The quantitative estimate of drug-likeness (QED) is 0.201. The van der Waals surface area contributed by atoms with Gasteiger partial charge in [-0.3, -0.25) is 9.78 Å². The Morgan fingerprint density at radius 3 is 2.51 bits per heavy atom. The van der Waals surface area contributed by atoms with Crippen LogP contribution >= 0.6 is 27.5 Å². The highest BCUT2D eigenvalue weighted by molar-refractivity contribution is 9.10. The van der Waals surface area contributed by atoms with E-state index in [0.29, 0.717) is 23.1 Å². The van der Waals surface area contributed by atoms with Crippen molar-refractivity contribution in [3.63, 3.8) is 0 Å². The highest BCUT2D eigenvalue weighted by atomic mass is 79.9. The standard InChI is InChI=1S/C29H26BrClN2O4/c1-19(29(34)35)33-16-23-13-25(31)27(14-26(23)36-17-20-7-6-12-32-15-20)37-18-22-10-5-11-24(28(22)30)21-8-3-2-4-9-21/h2-15,19,33H,16-18H2,1H3,(H,34,35). The van der Waals surface area contributed by atoms with E-state index in [-0.39, 0.29) is 13.2 Å². The molecule has 0 bridgehead atoms. The Hall–Kier alpha value is -3.39. The van der Waals surface area contributed by atoms with Crippen LogP contribution in [-0.4, -0.2) is 22.1 Å². The highest BCUT2D eigenvalue weighted by Gasteiger charge is 2.16. The molecule has 190 valence electrons. The summed E-state index contributed by atoms with van der Waals surface area (Å²) < 4.78 is 13.2. The second-order valence-corrected chi connectivity index (χ2v) is 9.61. The van der Waals surface area contributed by atoms with Crippen molar-refractivity contribution in [2.75, 3.05) is 0 Å². The van der Waals surface area contributed by atoms with Gasteiger partial charge in [0.15, 0.2) is 0 Å². The maximum atomic E-state index is 11.2. The minimum Gasteiger partial charge on any atom is -0.488 e. The van der Waals surface area contributed by atoms with Gasteiger partial charge in [-0.1, -0.05) is 66.2 Å². The molecule has 0 saturated heterocycles. The number of carboxylic acids is 1. The Balaban J connectivity index is 1.56. The lowest BCUT2D eigenvalue weighted by atomic mass is 10.0. The molecule has 0 amide bonds. The van der Waals surface area contributed by atoms with Crippen molar-refractivity contribution in [3.8, 4) is 22.6 Å². The normalized spacial score (nSPS) is 11.6. The number of hydrogen-bond acceptors (Lipinski definition) is 5. The highest BCUT2D eigenvalue weighted by Crippen LogP contribution is 2.36. The van der Waals surface area contributed by atoms with Crippen LogP contribution in [-0.2, 0) is 24.6 Å². The minimum absolute atomic E-state index is 0.264. The molecule has 0 radical (unpaired) electrons. The maximum absolute atomic E-state index is 11.2. The predicted octanol–water partition coefficient (Wildman–Crippen LogP) is 6.89. The molecule has 0 aliphatic carbocycles. The number of hydrogen-bond donors (Lipinski definition) is 2. The van der Waals surface area contributed by atoms with Crippen LogP contribution < -0.4 is 14.8 Å². The molecule has 1 heterocycles. The summed E-state index contributed by atoms with van der Waals surface area (Å²) in [7, 11) is 0. The average Bonchev–Trinajstić information content (AvgIpc) is 2.92. The van der Waals surface area contributed by atoms with Gasteiger partial charge in [-0.15, -0.1) is 0 Å². The monoisotopic (exact) mass is 580 g/mol. The minimum atomic E-state index is -0.938. The first kappa shape index (κ1) is 26.7. The molecule has 2 N–H and O–H groups in total. The molecule has 8 heteroatoms. The van der Waals surface area contributed by atoms with E-state index < -0.39 is 12.0 Å². The van der Waals surface area contributed by atoms with Crippen LogP contribution in [0.1, 0.15) is 23.6 Å². The SMILES string of the molecule is CC(NCc1cc(Cl)c(OCc2cccc(-c3ccccc3)c2Br)cc1OCc1cccnc1)C(=O)O. The van der Waals surface area contributed by atoms with Crippen LogP contribution in [0.25, 0.3) is 11.1 Å². The molecule has 6 nitrogen and oxygen atoms in total. The molecule has 0 aliphatic rings. The molecule has 1 atom stereocenters. The van der Waals surface area contributed by atoms with Crippen molar-refractivity contribution >= 4 is 33.5 Å². The molecule has 1 unspecified atom stereocenters. The van der Waals surface area contributed by atoms with Gasteiger partial charge in [0, 0.05) is 46.2 Å². The fourth-order valence-corrected chi connectivity index (χ4v) is 4.49. The summed E-state index contributed by atoms with van der Waals surface area (Å²) >= 11 is 10.3. The molecule has 4 aromatic rings. The molecule has 37 heavy (non-hydrogen) atoms. The number of carbonyl (C=O) groups is 1. The van der Waals surface area contributed by atoms with Crippen LogP contribution in [0, 0.1) is 0 Å². The Kier molecular flexibility index (Phi) is 9.17. The zero-order valence-electron chi connectivity index (χ0n) is 20.2. The summed E-state index contributed by atoms with van der Waals surface area (Å²) in [5.41, 5.74) is 4.77. The van der Waals surface area contributed by atoms with Crippen molar-refractivity contribution in [1.82, 2.24) is 10.3 Å². The summed E-state index contributed by atoms with van der Waals surface area (Å²) in [5, 5.41) is 12.6. The van der Waals surface area contributed by atoms with Crippen LogP contribution in [0.4, 0.5) is 0 Å². The van der Waals surface area contributed by atoms with Crippen LogP contribution in [0.2, 0.25) is 5.02 Å². The van der Waals surface area contributed by atoms with Crippen molar-refractivity contribution < 1.29 is 19.4 Å². The zero-order valence-corrected chi connectivity index (χ0v) is 22.5. The average molecular weight is 582 g/mol. The molecular weight excluding hydrogens is 556 g/mol. The number of aromatic nitrogens is 1. The third-order valence-electron chi connectivity index (χ3n) is 5.75. The number of pyridine rings is 1. The second-order valence-electron chi connectivity index (χ2n) is 8.41. The van der Waals surface area contributed by atoms with Gasteiger partial charge in [0.25, 0.3) is 0 Å². The summed E-state index contributed by atoms with van der Waals surface area (Å²) in [6.45, 7) is 2.43. The Morgan fingerprint density at radius 1 is 1.00 bits per heavy atom. The Labute approximate surface area is 229 Å². The maximum Gasteiger partial charge on any atom is 0.320 e. The molecule has 0 fully saturated rings. The Morgan fingerprint density at radius 2 is 1.78 bits per heavy atom. The van der Waals surface area contributed by atoms with E-state index in [0.717, 1.165) is 32.3 Å². The topological polar surface area (TPSA) is 80.7 Å². The summed E-state index contributed by atoms with van der Waals surface area (Å²) in [6.07, 6.45) is 3.43. The van der Waals surface area contributed by atoms with Gasteiger partial charge in [-0.2, -0.15) is 0 Å². The van der Waals surface area contributed by atoms with Gasteiger partial charge in [0.05, 0.1) is 5.02 Å². The van der Waals surface area contributed by atoms with E-state index in [9.17, 15) is 9.90 Å². The van der Waals surface area contributed by atoms with E-state index in [4.69, 9.17) is 21.1 Å². The number of ether oxygens (including phenoxy) is 2. The number of aliphatic carboxylic acids is 1. The van der Waals surface area contributed by atoms with Gasteiger partial charge in [0.1, 0.15) is 30.8 Å². The molecule has 0 spiro atoms. The van der Waals surface area contributed by atoms with Crippen LogP contribution in [0.15, 0.2) is 89.7 Å². The van der Waals surface area contributed by atoms with E-state index in [1.165, 1.54) is 0 Å². The van der Waals surface area contributed by atoms with Crippen molar-refractivity contribution in [2.45, 2.75) is 32.7 Å². The van der Waals surface area contributed by atoms with Crippen molar-refractivity contribution in [2.24, 2.45) is 0 Å². The largest absolute Gasteiger partial charge is 0.488 e. The summed E-state index contributed by atoms with van der Waals surface area (Å²) in [6, 6.07) is 22.7. The first-order chi connectivity index (χ1) is 17.9. The van der Waals surface area contributed by atoms with E-state index in [1.54, 1.807) is 31.5 Å². The number of benzene rings is 3. The van der Waals surface area contributed by atoms with Gasteiger partial charge in [0.2, 0.25) is 0 Å². The number of carboxylic acid groups (broad SMARTS) is 1. The molecule has 3 aromatic carbocycles. The number of nitrogens with zero attached hydrogens (tertiary/aromatic N) is 1. The first-order valence-electron chi connectivity index (χ1n) is 11.7. The fourth-order valence-electron chi connectivity index (χ4n) is 3.64. The number of rotatable bonds is 11. The molecule has 4 rings (SSSR count). The van der Waals surface area contributed by atoms with E-state index in [2.05, 4.69) is 44.4 Å². The van der Waals surface area contributed by atoms with Crippen molar-refractivity contribution in [1.29, 1.82) is 0 Å². The lowest BCUT2D eigenvalue weighted by Crippen LogP contribution is -2.33. The smallest absolute Gasteiger partial charge is 0.320 e. The zero-order chi connectivity index (χ0) is 26.2. The van der Waals surface area contributed by atoms with E-state index in [1.807, 2.05) is 42.5 Å². The van der Waals surface area contributed by atoms with Gasteiger partial charge >= 0.3 is 5.97 Å². The van der Waals surface area contributed by atoms with Gasteiger partial charge in [-0.25, -0.2) is 0 Å². The molecule has 0 aliphatic heterocycles. The summed E-state index contributed by atoms with van der Waals surface area (Å²) in [4.78, 5) is 15.4. The molecule has 0 saturated carbocycles. The molecule has 1 aromatic heterocycles. The fraction of sp³-hybridized carbons (Fsp3) is 0.172. The van der Waals surface area contributed by atoms with E-state index >= 15 is 0 Å². The lowest BCUT2D eigenvalue weighted by Gasteiger charge is -2.18. The van der Waals surface area contributed by atoms with Gasteiger partial charge in [-0.05, 0) is 46.1 Å². The molecular formula is C29H26BrClN2O4. The first-order valence-corrected chi connectivity index (χ1v) is 12.9. The lowest BCUT2D eigenvalue weighted by molar-refractivity contribution is -0.139. The number of nitrogens with one attached hydrogen (secondary N) is 1. The summed E-state index contributed by atoms with van der Waals surface area (Å²) in [5.74, 6) is 0.0764. The predicted molar refractivity (Wildman–Crippen MR) is 148 cm³/mol. The third kappa shape index (κ3) is 7.10. The van der Waals surface area contributed by atoms with Crippen molar-refractivity contribution in [3.05, 3.63) is 111 Å². The second kappa shape index (κ2) is 12.7. The Bertz CT molecular complexity index is 1350. The van der Waals surface area contributed by atoms with Crippen LogP contribution in [0.5, 0.6) is 11.5 Å². The third-order valence-corrected chi connectivity index (χ3v) is 6.98. The van der Waals surface area contributed by atoms with Gasteiger partial charge < -0.3 is 19.9 Å².